The molecule has 0 aliphatic carbocycles. The van der Waals surface area contributed by atoms with E-state index < -0.39 is 0 Å². The van der Waals surface area contributed by atoms with Crippen molar-refractivity contribution in [2.24, 2.45) is 0 Å². The maximum atomic E-state index is 13.4. The fraction of sp³-hybridized carbons (Fsp3) is 0.188. The van der Waals surface area contributed by atoms with Crippen LogP contribution >= 0.6 is 0 Å². The third kappa shape index (κ3) is 2.87. The highest BCUT2D eigenvalue weighted by atomic mass is 19.1. The summed E-state index contributed by atoms with van der Waals surface area (Å²) in [5.41, 5.74) is 3.15. The maximum absolute atomic E-state index is 13.4. The number of halogens is 1. The number of benzene rings is 1. The van der Waals surface area contributed by atoms with Crippen LogP contribution in [0.5, 0.6) is 0 Å². The van der Waals surface area contributed by atoms with Gasteiger partial charge in [-0.15, -0.1) is 0 Å². The summed E-state index contributed by atoms with van der Waals surface area (Å²) >= 11 is 0. The molecule has 2 heterocycles. The number of para-hydroxylation sites is 2. The largest absolute Gasteiger partial charge is 0.305 e. The van der Waals surface area contributed by atoms with Crippen molar-refractivity contribution in [3.05, 3.63) is 66.0 Å². The third-order valence-electron chi connectivity index (χ3n) is 3.23. The smallest absolute Gasteiger partial charge is 0.141 e. The van der Waals surface area contributed by atoms with E-state index in [1.54, 1.807) is 12.4 Å². The van der Waals surface area contributed by atoms with Crippen molar-refractivity contribution >= 4 is 11.0 Å². The first kappa shape index (κ1) is 13.6. The molecule has 0 saturated carbocycles. The van der Waals surface area contributed by atoms with Crippen molar-refractivity contribution in [3.8, 4) is 0 Å². The average Bonchev–Trinajstić information content (AvgIpc) is 2.52. The predicted octanol–water partition coefficient (Wildman–Crippen LogP) is 2.86. The minimum absolute atomic E-state index is 0.227. The molecule has 0 spiro atoms. The minimum atomic E-state index is -0.357. The van der Waals surface area contributed by atoms with Gasteiger partial charge >= 0.3 is 0 Å². The second-order valence-corrected chi connectivity index (χ2v) is 4.71. The Labute approximate surface area is 122 Å². The van der Waals surface area contributed by atoms with Gasteiger partial charge in [-0.05, 0) is 30.3 Å². The molecule has 0 amide bonds. The van der Waals surface area contributed by atoms with Crippen LogP contribution in [0.3, 0.4) is 0 Å². The van der Waals surface area contributed by atoms with Crippen LogP contribution in [0.4, 0.5) is 4.39 Å². The minimum Gasteiger partial charge on any atom is -0.305 e. The first-order chi connectivity index (χ1) is 10.3. The topological polar surface area (TPSA) is 50.7 Å². The van der Waals surface area contributed by atoms with Gasteiger partial charge < -0.3 is 5.32 Å². The molecule has 0 aliphatic rings. The second-order valence-electron chi connectivity index (χ2n) is 4.71. The van der Waals surface area contributed by atoms with Crippen LogP contribution in [-0.4, -0.2) is 21.5 Å². The Morgan fingerprint density at radius 3 is 2.71 bits per heavy atom. The first-order valence-corrected chi connectivity index (χ1v) is 6.83. The van der Waals surface area contributed by atoms with Gasteiger partial charge in [-0.1, -0.05) is 19.1 Å². The molecule has 1 aromatic carbocycles. The molecule has 4 nitrogen and oxygen atoms in total. The molecule has 0 aliphatic heterocycles. The van der Waals surface area contributed by atoms with Gasteiger partial charge in [0.1, 0.15) is 5.82 Å². The molecule has 2 aromatic heterocycles. The number of aromatic nitrogens is 3. The van der Waals surface area contributed by atoms with Crippen molar-refractivity contribution in [3.63, 3.8) is 0 Å². The molecule has 1 atom stereocenters. The lowest BCUT2D eigenvalue weighted by Crippen LogP contribution is -2.23. The Kier molecular flexibility index (Phi) is 3.83. The van der Waals surface area contributed by atoms with Crippen LogP contribution in [0.1, 0.15) is 24.2 Å². The Bertz CT molecular complexity index is 760. The highest BCUT2D eigenvalue weighted by molar-refractivity contribution is 5.73. The Hall–Kier alpha value is -2.40. The number of nitrogens with one attached hydrogen (secondary N) is 1. The molecule has 1 unspecified atom stereocenters. The highest BCUT2D eigenvalue weighted by Crippen LogP contribution is 2.21. The summed E-state index contributed by atoms with van der Waals surface area (Å²) < 4.78 is 13.4. The summed E-state index contributed by atoms with van der Waals surface area (Å²) in [4.78, 5) is 13.0. The summed E-state index contributed by atoms with van der Waals surface area (Å²) in [6.07, 6.45) is 4.56. The van der Waals surface area contributed by atoms with E-state index in [4.69, 9.17) is 0 Å². The zero-order chi connectivity index (χ0) is 14.7. The van der Waals surface area contributed by atoms with E-state index in [9.17, 15) is 4.39 Å². The molecule has 0 radical (unpaired) electrons. The number of rotatable bonds is 4. The average molecular weight is 282 g/mol. The van der Waals surface area contributed by atoms with Gasteiger partial charge in [0.15, 0.2) is 0 Å². The number of fused-ring (bicyclic) bond motifs is 1. The monoisotopic (exact) mass is 282 g/mol. The van der Waals surface area contributed by atoms with Crippen LogP contribution in [-0.2, 0) is 0 Å². The van der Waals surface area contributed by atoms with Gasteiger partial charge in [-0.3, -0.25) is 9.97 Å². The van der Waals surface area contributed by atoms with Crippen molar-refractivity contribution < 1.29 is 4.39 Å². The highest BCUT2D eigenvalue weighted by Gasteiger charge is 2.16. The van der Waals surface area contributed by atoms with Crippen molar-refractivity contribution in [2.75, 3.05) is 6.54 Å². The van der Waals surface area contributed by atoms with E-state index in [1.165, 1.54) is 12.3 Å². The molecule has 0 saturated heterocycles. The molecule has 21 heavy (non-hydrogen) atoms. The summed E-state index contributed by atoms with van der Waals surface area (Å²) in [5, 5.41) is 3.30. The van der Waals surface area contributed by atoms with Crippen LogP contribution in [0, 0.1) is 5.82 Å². The molecular formula is C16H15FN4. The summed E-state index contributed by atoms with van der Waals surface area (Å²) in [6.45, 7) is 2.73. The van der Waals surface area contributed by atoms with Gasteiger partial charge in [-0.25, -0.2) is 9.37 Å². The predicted molar refractivity (Wildman–Crippen MR) is 79.3 cm³/mol. The van der Waals surface area contributed by atoms with Crippen LogP contribution in [0.25, 0.3) is 11.0 Å². The third-order valence-corrected chi connectivity index (χ3v) is 3.23. The molecule has 106 valence electrons. The number of pyridine rings is 1. The molecular weight excluding hydrogens is 267 g/mol. The quantitative estimate of drug-likeness (QED) is 0.799. The Morgan fingerprint density at radius 1 is 1.14 bits per heavy atom. The van der Waals surface area contributed by atoms with E-state index in [1.807, 2.05) is 31.2 Å². The summed E-state index contributed by atoms with van der Waals surface area (Å²) in [6, 6.07) is 8.92. The molecule has 0 bridgehead atoms. The number of hydrogen-bond donors (Lipinski definition) is 1. The van der Waals surface area contributed by atoms with Crippen molar-refractivity contribution in [1.82, 2.24) is 20.3 Å². The van der Waals surface area contributed by atoms with E-state index in [0.29, 0.717) is 0 Å². The zero-order valence-electron chi connectivity index (χ0n) is 11.6. The molecule has 0 fully saturated rings. The molecule has 5 heteroatoms. The number of hydrogen-bond acceptors (Lipinski definition) is 4. The Balaban J connectivity index is 2.06. The molecule has 3 aromatic rings. The molecule has 3 rings (SSSR count). The van der Waals surface area contributed by atoms with Gasteiger partial charge in [0.05, 0.1) is 35.2 Å². The van der Waals surface area contributed by atoms with Crippen LogP contribution < -0.4 is 5.32 Å². The van der Waals surface area contributed by atoms with Crippen molar-refractivity contribution in [2.45, 2.75) is 13.0 Å². The van der Waals surface area contributed by atoms with E-state index in [0.717, 1.165) is 28.8 Å². The lowest BCUT2D eigenvalue weighted by atomic mass is 10.1. The molecule has 1 N–H and O–H groups in total. The van der Waals surface area contributed by atoms with Gasteiger partial charge in [0, 0.05) is 6.20 Å². The van der Waals surface area contributed by atoms with Gasteiger partial charge in [0.25, 0.3) is 0 Å². The lowest BCUT2D eigenvalue weighted by molar-refractivity contribution is 0.589. The van der Waals surface area contributed by atoms with E-state index >= 15 is 0 Å². The van der Waals surface area contributed by atoms with Gasteiger partial charge in [-0.2, -0.15) is 0 Å². The summed E-state index contributed by atoms with van der Waals surface area (Å²) in [7, 11) is 0. The fourth-order valence-electron chi connectivity index (χ4n) is 2.29. The maximum Gasteiger partial charge on any atom is 0.141 e. The van der Waals surface area contributed by atoms with Crippen molar-refractivity contribution in [1.29, 1.82) is 0 Å². The Morgan fingerprint density at radius 2 is 1.95 bits per heavy atom. The zero-order valence-corrected chi connectivity index (χ0v) is 11.6. The fourth-order valence-corrected chi connectivity index (χ4v) is 2.29. The first-order valence-electron chi connectivity index (χ1n) is 6.83. The van der Waals surface area contributed by atoms with E-state index in [2.05, 4.69) is 20.3 Å². The summed E-state index contributed by atoms with van der Waals surface area (Å²) in [5.74, 6) is -0.357. The number of nitrogens with zero attached hydrogens (tertiary/aromatic N) is 3. The van der Waals surface area contributed by atoms with Crippen LogP contribution in [0.15, 0.2) is 48.9 Å². The van der Waals surface area contributed by atoms with E-state index in [-0.39, 0.29) is 11.9 Å². The second kappa shape index (κ2) is 5.93. The normalized spacial score (nSPS) is 12.5. The van der Waals surface area contributed by atoms with Gasteiger partial charge in [0.2, 0.25) is 0 Å². The lowest BCUT2D eigenvalue weighted by Gasteiger charge is -2.17. The van der Waals surface area contributed by atoms with Crippen LogP contribution in [0.2, 0.25) is 0 Å². The standard InChI is InChI=1S/C16H15FN4/c1-2-19-16(11-7-12(17)9-18-8-11)15-10-20-13-5-3-4-6-14(13)21-15/h3-10,16,19H,2H2,1H3. The SMILES string of the molecule is CCNC(c1cncc(F)c1)c1cnc2ccccc2n1.